The van der Waals surface area contributed by atoms with Crippen molar-refractivity contribution in [1.82, 2.24) is 10.3 Å². The molecule has 0 aliphatic rings. The van der Waals surface area contributed by atoms with E-state index in [0.29, 0.717) is 6.42 Å². The van der Waals surface area contributed by atoms with Gasteiger partial charge in [0.05, 0.1) is 6.07 Å². The second-order valence-electron chi connectivity index (χ2n) is 2.79. The molecule has 0 atom stereocenters. The van der Waals surface area contributed by atoms with Crippen LogP contribution in [-0.4, -0.2) is 11.5 Å². The quantitative estimate of drug-likeness (QED) is 0.689. The van der Waals surface area contributed by atoms with Crippen LogP contribution >= 0.6 is 0 Å². The summed E-state index contributed by atoms with van der Waals surface area (Å²) in [6.07, 6.45) is 5.11. The molecular formula is C10H13N3. The lowest BCUT2D eigenvalue weighted by Crippen LogP contribution is -2.14. The van der Waals surface area contributed by atoms with Gasteiger partial charge in [-0.2, -0.15) is 5.26 Å². The van der Waals surface area contributed by atoms with E-state index < -0.39 is 0 Å². The van der Waals surface area contributed by atoms with Gasteiger partial charge in [0.25, 0.3) is 0 Å². The molecule has 0 aliphatic carbocycles. The van der Waals surface area contributed by atoms with Crippen LogP contribution in [0.15, 0.2) is 24.5 Å². The number of hydrogen-bond acceptors (Lipinski definition) is 3. The van der Waals surface area contributed by atoms with Gasteiger partial charge >= 0.3 is 0 Å². The molecule has 1 aromatic heterocycles. The average molecular weight is 175 g/mol. The normalized spacial score (nSPS) is 9.46. The maximum Gasteiger partial charge on any atom is 0.0622 e. The first kappa shape index (κ1) is 9.69. The maximum atomic E-state index is 8.30. The molecule has 0 fully saturated rings. The van der Waals surface area contributed by atoms with Gasteiger partial charge in [-0.05, 0) is 30.7 Å². The van der Waals surface area contributed by atoms with Crippen molar-refractivity contribution >= 4 is 0 Å². The van der Waals surface area contributed by atoms with Gasteiger partial charge in [-0.25, -0.2) is 0 Å². The van der Waals surface area contributed by atoms with E-state index in [0.717, 1.165) is 19.5 Å². The van der Waals surface area contributed by atoms with E-state index in [1.165, 1.54) is 5.56 Å². The Morgan fingerprint density at radius 2 is 2.15 bits per heavy atom. The Morgan fingerprint density at radius 3 is 2.85 bits per heavy atom. The lowest BCUT2D eigenvalue weighted by Gasteiger charge is -2.01. The molecule has 0 aliphatic heterocycles. The van der Waals surface area contributed by atoms with Crippen molar-refractivity contribution in [3.8, 4) is 6.07 Å². The van der Waals surface area contributed by atoms with Crippen LogP contribution in [0.25, 0.3) is 0 Å². The van der Waals surface area contributed by atoms with E-state index in [-0.39, 0.29) is 0 Å². The van der Waals surface area contributed by atoms with Crippen LogP contribution in [0.5, 0.6) is 0 Å². The highest BCUT2D eigenvalue weighted by molar-refractivity contribution is 5.08. The number of aromatic nitrogens is 1. The Hall–Kier alpha value is -1.40. The number of unbranched alkanes of at least 4 members (excludes halogenated alkanes) is 1. The summed E-state index contributed by atoms with van der Waals surface area (Å²) in [5.41, 5.74) is 1.23. The van der Waals surface area contributed by atoms with Gasteiger partial charge < -0.3 is 5.32 Å². The first-order valence-corrected chi connectivity index (χ1v) is 4.40. The summed E-state index contributed by atoms with van der Waals surface area (Å²) >= 11 is 0. The van der Waals surface area contributed by atoms with E-state index in [1.54, 1.807) is 12.4 Å². The number of hydrogen-bond donors (Lipinski definition) is 1. The molecule has 3 nitrogen and oxygen atoms in total. The third kappa shape index (κ3) is 4.24. The van der Waals surface area contributed by atoms with Crippen LogP contribution in [0.4, 0.5) is 0 Å². The van der Waals surface area contributed by atoms with Crippen molar-refractivity contribution in [2.24, 2.45) is 0 Å². The van der Waals surface area contributed by atoms with E-state index in [1.807, 2.05) is 12.1 Å². The number of nitriles is 1. The van der Waals surface area contributed by atoms with Crippen LogP contribution in [0.1, 0.15) is 18.4 Å². The van der Waals surface area contributed by atoms with Crippen LogP contribution < -0.4 is 5.32 Å². The molecule has 0 amide bonds. The van der Waals surface area contributed by atoms with Gasteiger partial charge in [-0.3, -0.25) is 4.98 Å². The number of rotatable bonds is 5. The van der Waals surface area contributed by atoms with Crippen LogP contribution in [-0.2, 0) is 6.54 Å². The summed E-state index contributed by atoms with van der Waals surface area (Å²) in [6, 6.07) is 6.08. The standard InChI is InChI=1S/C10H13N3/c11-5-1-2-6-13-9-10-3-7-12-8-4-10/h3-4,7-8,13H,1-2,6,9H2. The molecule has 1 rings (SSSR count). The monoisotopic (exact) mass is 175 g/mol. The molecule has 0 aromatic carbocycles. The second-order valence-corrected chi connectivity index (χ2v) is 2.79. The lowest BCUT2D eigenvalue weighted by atomic mass is 10.2. The molecule has 0 saturated heterocycles. The zero-order valence-electron chi connectivity index (χ0n) is 7.53. The third-order valence-corrected chi connectivity index (χ3v) is 1.72. The summed E-state index contributed by atoms with van der Waals surface area (Å²) in [4.78, 5) is 3.93. The van der Waals surface area contributed by atoms with E-state index in [4.69, 9.17) is 5.26 Å². The van der Waals surface area contributed by atoms with Gasteiger partial charge in [0.2, 0.25) is 0 Å². The Balaban J connectivity index is 2.11. The summed E-state index contributed by atoms with van der Waals surface area (Å²) in [5.74, 6) is 0. The van der Waals surface area contributed by atoms with Crippen molar-refractivity contribution in [3.05, 3.63) is 30.1 Å². The highest BCUT2D eigenvalue weighted by Gasteiger charge is 1.90. The Labute approximate surface area is 78.4 Å². The van der Waals surface area contributed by atoms with Crippen molar-refractivity contribution in [3.63, 3.8) is 0 Å². The van der Waals surface area contributed by atoms with Crippen LogP contribution in [0.2, 0.25) is 0 Å². The van der Waals surface area contributed by atoms with Gasteiger partial charge in [-0.1, -0.05) is 0 Å². The zero-order chi connectivity index (χ0) is 9.36. The summed E-state index contributed by atoms with van der Waals surface area (Å²) in [6.45, 7) is 1.75. The largest absolute Gasteiger partial charge is 0.313 e. The fourth-order valence-electron chi connectivity index (χ4n) is 1.03. The Bertz CT molecular complexity index is 263. The molecule has 1 N–H and O–H groups in total. The molecule has 1 aromatic rings. The fourth-order valence-corrected chi connectivity index (χ4v) is 1.03. The zero-order valence-corrected chi connectivity index (χ0v) is 7.53. The molecule has 1 heterocycles. The third-order valence-electron chi connectivity index (χ3n) is 1.72. The average Bonchev–Trinajstić information content (AvgIpc) is 2.19. The summed E-state index contributed by atoms with van der Waals surface area (Å²) in [5, 5.41) is 11.6. The van der Waals surface area contributed by atoms with Crippen LogP contribution in [0, 0.1) is 11.3 Å². The van der Waals surface area contributed by atoms with Gasteiger partial charge in [0, 0.05) is 25.4 Å². The minimum atomic E-state index is 0.628. The van der Waals surface area contributed by atoms with Crippen molar-refractivity contribution in [2.45, 2.75) is 19.4 Å². The van der Waals surface area contributed by atoms with Gasteiger partial charge in [0.1, 0.15) is 0 Å². The second kappa shape index (κ2) is 6.15. The topological polar surface area (TPSA) is 48.7 Å². The van der Waals surface area contributed by atoms with E-state index in [9.17, 15) is 0 Å². The first-order valence-electron chi connectivity index (χ1n) is 4.40. The fraction of sp³-hybridized carbons (Fsp3) is 0.400. The molecule has 3 heteroatoms. The predicted molar refractivity (Wildman–Crippen MR) is 50.8 cm³/mol. The van der Waals surface area contributed by atoms with Gasteiger partial charge in [-0.15, -0.1) is 0 Å². The van der Waals surface area contributed by atoms with Crippen molar-refractivity contribution in [2.75, 3.05) is 6.54 Å². The highest BCUT2D eigenvalue weighted by Crippen LogP contribution is 1.94. The minimum Gasteiger partial charge on any atom is -0.313 e. The number of pyridine rings is 1. The molecule has 0 unspecified atom stereocenters. The molecule has 0 radical (unpaired) electrons. The number of nitrogens with zero attached hydrogens (tertiary/aromatic N) is 2. The van der Waals surface area contributed by atoms with E-state index >= 15 is 0 Å². The van der Waals surface area contributed by atoms with Crippen LogP contribution in [0.3, 0.4) is 0 Å². The minimum absolute atomic E-state index is 0.628. The molecule has 0 saturated carbocycles. The molecule has 0 bridgehead atoms. The Kier molecular flexibility index (Phi) is 4.58. The Morgan fingerprint density at radius 1 is 1.38 bits per heavy atom. The maximum absolute atomic E-state index is 8.30. The first-order chi connectivity index (χ1) is 6.43. The highest BCUT2D eigenvalue weighted by atomic mass is 14.8. The SMILES string of the molecule is N#CCCCNCc1ccncc1. The lowest BCUT2D eigenvalue weighted by molar-refractivity contribution is 0.657. The van der Waals surface area contributed by atoms with Crippen molar-refractivity contribution in [1.29, 1.82) is 5.26 Å². The van der Waals surface area contributed by atoms with Crippen molar-refractivity contribution < 1.29 is 0 Å². The molecule has 68 valence electrons. The summed E-state index contributed by atoms with van der Waals surface area (Å²) in [7, 11) is 0. The van der Waals surface area contributed by atoms with E-state index in [2.05, 4.69) is 16.4 Å². The number of nitrogens with one attached hydrogen (secondary N) is 1. The van der Waals surface area contributed by atoms with Gasteiger partial charge in [0.15, 0.2) is 0 Å². The summed E-state index contributed by atoms with van der Waals surface area (Å²) < 4.78 is 0. The smallest absolute Gasteiger partial charge is 0.0622 e. The molecule has 13 heavy (non-hydrogen) atoms. The predicted octanol–water partition coefficient (Wildman–Crippen LogP) is 1.47. The molecular weight excluding hydrogens is 162 g/mol. The molecule has 0 spiro atoms.